The number of amides is 1. The van der Waals surface area contributed by atoms with Crippen molar-refractivity contribution in [2.45, 2.75) is 13.3 Å². The van der Waals surface area contributed by atoms with Crippen molar-refractivity contribution in [2.24, 2.45) is 5.73 Å². The minimum absolute atomic E-state index is 0.112. The zero-order valence-corrected chi connectivity index (χ0v) is 17.7. The van der Waals surface area contributed by atoms with E-state index in [1.165, 1.54) is 13.2 Å². The Morgan fingerprint density at radius 2 is 1.58 bits per heavy atom. The number of benzene rings is 2. The van der Waals surface area contributed by atoms with Gasteiger partial charge >= 0.3 is 5.97 Å². The summed E-state index contributed by atoms with van der Waals surface area (Å²) < 4.78 is 26.7. The Hall–Kier alpha value is -3.68. The van der Waals surface area contributed by atoms with E-state index in [4.69, 9.17) is 29.4 Å². The normalized spacial score (nSPS) is 10.5. The molecule has 0 saturated carbocycles. The van der Waals surface area contributed by atoms with Crippen molar-refractivity contribution in [3.63, 3.8) is 0 Å². The van der Waals surface area contributed by atoms with Gasteiger partial charge in [-0.3, -0.25) is 4.79 Å². The SMILES string of the molecule is CCCOc1ccc(OCCOC(=O)/C=C/c2ccc(OCC(N)=O)c(OC)c2)cc1. The Bertz CT molecular complexity index is 878. The standard InChI is InChI=1S/C23H27NO7/c1-3-12-28-18-6-8-19(9-7-18)29-13-14-30-23(26)11-5-17-4-10-20(21(15-17)27-2)31-16-22(24)25/h4-11,15H,3,12-14,16H2,1-2H3,(H2,24,25)/b11-5+. The van der Waals surface area contributed by atoms with Gasteiger partial charge in [0.1, 0.15) is 24.7 Å². The quantitative estimate of drug-likeness (QED) is 0.296. The molecule has 0 unspecified atom stereocenters. The van der Waals surface area contributed by atoms with Gasteiger partial charge < -0.3 is 29.4 Å². The summed E-state index contributed by atoms with van der Waals surface area (Å²) in [6, 6.07) is 12.3. The van der Waals surface area contributed by atoms with E-state index in [-0.39, 0.29) is 19.8 Å². The molecule has 166 valence electrons. The number of rotatable bonds is 13. The second kappa shape index (κ2) is 12.8. The molecule has 0 bridgehead atoms. The van der Waals surface area contributed by atoms with E-state index in [1.807, 2.05) is 19.1 Å². The van der Waals surface area contributed by atoms with Gasteiger partial charge in [0.15, 0.2) is 18.1 Å². The second-order valence-corrected chi connectivity index (χ2v) is 6.33. The van der Waals surface area contributed by atoms with Gasteiger partial charge in [0.2, 0.25) is 0 Å². The zero-order chi connectivity index (χ0) is 22.5. The molecule has 0 saturated heterocycles. The lowest BCUT2D eigenvalue weighted by molar-refractivity contribution is -0.138. The summed E-state index contributed by atoms with van der Waals surface area (Å²) in [7, 11) is 1.47. The van der Waals surface area contributed by atoms with Crippen LogP contribution in [0.5, 0.6) is 23.0 Å². The summed E-state index contributed by atoms with van der Waals surface area (Å²) in [4.78, 5) is 22.7. The lowest BCUT2D eigenvalue weighted by atomic mass is 10.2. The Kier molecular flexibility index (Phi) is 9.74. The van der Waals surface area contributed by atoms with Crippen molar-refractivity contribution >= 4 is 18.0 Å². The monoisotopic (exact) mass is 429 g/mol. The first-order chi connectivity index (χ1) is 15.0. The summed E-state index contributed by atoms with van der Waals surface area (Å²) in [6.07, 6.45) is 3.83. The topological polar surface area (TPSA) is 106 Å². The molecule has 0 aliphatic heterocycles. The summed E-state index contributed by atoms with van der Waals surface area (Å²) >= 11 is 0. The van der Waals surface area contributed by atoms with E-state index in [1.54, 1.807) is 36.4 Å². The summed E-state index contributed by atoms with van der Waals surface area (Å²) in [6.45, 7) is 2.81. The number of carbonyl (C=O) groups excluding carboxylic acids is 2. The number of carbonyl (C=O) groups is 2. The van der Waals surface area contributed by atoms with Crippen molar-refractivity contribution < 1.29 is 33.3 Å². The maximum absolute atomic E-state index is 11.9. The van der Waals surface area contributed by atoms with E-state index in [2.05, 4.69) is 0 Å². The molecule has 2 aromatic carbocycles. The number of hydrogen-bond acceptors (Lipinski definition) is 7. The third-order valence-electron chi connectivity index (χ3n) is 3.86. The fraction of sp³-hybridized carbons (Fsp3) is 0.304. The molecule has 1 amide bonds. The maximum Gasteiger partial charge on any atom is 0.330 e. The number of hydrogen-bond donors (Lipinski definition) is 1. The lowest BCUT2D eigenvalue weighted by Crippen LogP contribution is -2.20. The second-order valence-electron chi connectivity index (χ2n) is 6.33. The van der Waals surface area contributed by atoms with Gasteiger partial charge in [-0.2, -0.15) is 0 Å². The van der Waals surface area contributed by atoms with Gasteiger partial charge in [0.25, 0.3) is 5.91 Å². The Morgan fingerprint density at radius 1 is 0.903 bits per heavy atom. The van der Waals surface area contributed by atoms with E-state index in [0.717, 1.165) is 12.2 Å². The first-order valence-electron chi connectivity index (χ1n) is 9.81. The number of primary amides is 1. The van der Waals surface area contributed by atoms with Crippen molar-refractivity contribution in [3.8, 4) is 23.0 Å². The van der Waals surface area contributed by atoms with Crippen molar-refractivity contribution in [1.82, 2.24) is 0 Å². The third kappa shape index (κ3) is 8.69. The molecule has 0 atom stereocenters. The number of esters is 1. The van der Waals surface area contributed by atoms with Crippen LogP contribution in [-0.2, 0) is 14.3 Å². The average molecular weight is 429 g/mol. The van der Waals surface area contributed by atoms with Gasteiger partial charge in [-0.1, -0.05) is 13.0 Å². The van der Waals surface area contributed by atoms with Crippen LogP contribution in [0.25, 0.3) is 6.08 Å². The third-order valence-corrected chi connectivity index (χ3v) is 3.86. The lowest BCUT2D eigenvalue weighted by Gasteiger charge is -2.10. The molecule has 0 aliphatic carbocycles. The van der Waals surface area contributed by atoms with Gasteiger partial charge in [0.05, 0.1) is 13.7 Å². The highest BCUT2D eigenvalue weighted by Gasteiger charge is 2.07. The Morgan fingerprint density at radius 3 is 2.19 bits per heavy atom. The largest absolute Gasteiger partial charge is 0.494 e. The van der Waals surface area contributed by atoms with Gasteiger partial charge in [-0.15, -0.1) is 0 Å². The van der Waals surface area contributed by atoms with Crippen LogP contribution in [-0.4, -0.2) is 45.4 Å². The van der Waals surface area contributed by atoms with E-state index < -0.39 is 11.9 Å². The molecule has 2 rings (SSSR count). The first kappa shape index (κ1) is 23.6. The van der Waals surface area contributed by atoms with Crippen LogP contribution < -0.4 is 24.7 Å². The summed E-state index contributed by atoms with van der Waals surface area (Å²) in [5.41, 5.74) is 5.76. The molecular formula is C23H27NO7. The van der Waals surface area contributed by atoms with Crippen molar-refractivity contribution in [2.75, 3.05) is 33.5 Å². The number of nitrogens with two attached hydrogens (primary N) is 1. The molecule has 2 aromatic rings. The van der Waals surface area contributed by atoms with Crippen molar-refractivity contribution in [3.05, 3.63) is 54.1 Å². The van der Waals surface area contributed by atoms with E-state index >= 15 is 0 Å². The molecule has 8 nitrogen and oxygen atoms in total. The maximum atomic E-state index is 11.9. The first-order valence-corrected chi connectivity index (χ1v) is 9.81. The Labute approximate surface area is 181 Å². The van der Waals surface area contributed by atoms with E-state index in [0.29, 0.717) is 29.4 Å². The van der Waals surface area contributed by atoms with Crippen LogP contribution in [0.1, 0.15) is 18.9 Å². The van der Waals surface area contributed by atoms with Crippen LogP contribution in [0.15, 0.2) is 48.5 Å². The fourth-order valence-electron chi connectivity index (χ4n) is 2.42. The number of ether oxygens (including phenoxy) is 5. The van der Waals surface area contributed by atoms with Crippen LogP contribution in [0.2, 0.25) is 0 Å². The van der Waals surface area contributed by atoms with Crippen molar-refractivity contribution in [1.29, 1.82) is 0 Å². The number of methoxy groups -OCH3 is 1. The summed E-state index contributed by atoms with van der Waals surface area (Å²) in [5, 5.41) is 0. The van der Waals surface area contributed by atoms with Gasteiger partial charge in [-0.25, -0.2) is 4.79 Å². The molecule has 2 N–H and O–H groups in total. The highest BCUT2D eigenvalue weighted by Crippen LogP contribution is 2.28. The van der Waals surface area contributed by atoms with Gasteiger partial charge in [0, 0.05) is 6.08 Å². The van der Waals surface area contributed by atoms with Crippen LogP contribution in [0.3, 0.4) is 0 Å². The molecular weight excluding hydrogens is 402 g/mol. The minimum atomic E-state index is -0.587. The predicted molar refractivity (Wildman–Crippen MR) is 115 cm³/mol. The molecule has 0 fully saturated rings. The molecule has 0 heterocycles. The molecule has 31 heavy (non-hydrogen) atoms. The van der Waals surface area contributed by atoms with Gasteiger partial charge in [-0.05, 0) is 54.5 Å². The Balaban J connectivity index is 1.76. The smallest absolute Gasteiger partial charge is 0.330 e. The molecule has 0 spiro atoms. The molecule has 0 aromatic heterocycles. The molecule has 0 aliphatic rings. The van der Waals surface area contributed by atoms with Crippen LogP contribution >= 0.6 is 0 Å². The fourth-order valence-corrected chi connectivity index (χ4v) is 2.42. The van der Waals surface area contributed by atoms with Crippen LogP contribution in [0, 0.1) is 0 Å². The molecule has 0 radical (unpaired) electrons. The highest BCUT2D eigenvalue weighted by molar-refractivity contribution is 5.87. The summed E-state index contributed by atoms with van der Waals surface area (Å²) in [5.74, 6) is 1.16. The highest BCUT2D eigenvalue weighted by atomic mass is 16.6. The molecule has 8 heteroatoms. The zero-order valence-electron chi connectivity index (χ0n) is 17.7. The van der Waals surface area contributed by atoms with E-state index in [9.17, 15) is 9.59 Å². The predicted octanol–water partition coefficient (Wildman–Crippen LogP) is 2.98. The average Bonchev–Trinajstić information content (AvgIpc) is 2.78. The minimum Gasteiger partial charge on any atom is -0.494 e. The van der Waals surface area contributed by atoms with Crippen LogP contribution in [0.4, 0.5) is 0 Å².